The second kappa shape index (κ2) is 10.9. The third kappa shape index (κ3) is 6.25. The first-order chi connectivity index (χ1) is 18.7. The van der Waals surface area contributed by atoms with Crippen LogP contribution < -0.4 is 20.7 Å². The number of likely N-dealkylation sites (N-methyl/N-ethyl adjacent to an activating group) is 2. The van der Waals surface area contributed by atoms with Crippen molar-refractivity contribution in [3.8, 4) is 0 Å². The van der Waals surface area contributed by atoms with Crippen LogP contribution in [0.4, 0.5) is 43.4 Å². The molecule has 0 unspecified atom stereocenters. The summed E-state index contributed by atoms with van der Waals surface area (Å²) in [4.78, 5) is 43.0. The number of carbonyl (C=O) groups excluding carboxylic acids is 1. The maximum atomic E-state index is 13.8. The van der Waals surface area contributed by atoms with Gasteiger partial charge < -0.3 is 14.7 Å². The molecule has 0 fully saturated rings. The molecule has 0 aliphatic rings. The van der Waals surface area contributed by atoms with Crippen molar-refractivity contribution in [3.63, 3.8) is 0 Å². The van der Waals surface area contributed by atoms with E-state index in [9.17, 15) is 40.7 Å². The largest absolute Gasteiger partial charge is 0.416 e. The zero-order valence-corrected chi connectivity index (χ0v) is 23.6. The van der Waals surface area contributed by atoms with Crippen molar-refractivity contribution in [1.29, 1.82) is 0 Å². The molecule has 1 amide bonds. The molecule has 0 spiro atoms. The number of carbonyl (C=O) groups is 1. The molecule has 0 aliphatic carbocycles. The van der Waals surface area contributed by atoms with Crippen LogP contribution in [0.15, 0.2) is 58.1 Å². The van der Waals surface area contributed by atoms with E-state index in [2.05, 4.69) is 0 Å². The van der Waals surface area contributed by atoms with Crippen molar-refractivity contribution in [3.05, 3.63) is 85.7 Å². The summed E-state index contributed by atoms with van der Waals surface area (Å²) < 4.78 is 80.8. The van der Waals surface area contributed by atoms with Crippen molar-refractivity contribution >= 4 is 23.0 Å². The van der Waals surface area contributed by atoms with Gasteiger partial charge in [0.1, 0.15) is 17.4 Å². The second-order valence-electron chi connectivity index (χ2n) is 11.1. The van der Waals surface area contributed by atoms with E-state index in [0.29, 0.717) is 12.1 Å². The third-order valence-electron chi connectivity index (χ3n) is 7.16. The molecule has 3 rings (SSSR count). The molecular formula is C29H31F6N3O3. The lowest BCUT2D eigenvalue weighted by molar-refractivity contribution is -0.143. The Balaban J connectivity index is 2.09. The first kappa shape index (κ1) is 31.7. The van der Waals surface area contributed by atoms with Gasteiger partial charge in [0.2, 0.25) is 5.91 Å². The number of alkyl halides is 6. The molecular weight excluding hydrogens is 552 g/mol. The molecule has 0 saturated carbocycles. The standard InChI is InChI=1S/C29H31F6N3O3/c1-16(17-11-9-8-10-12-17)36(5)26(41)25(27(2,3)4)38(7)22-21(23(39)24(22)40)37(6)20-14-18(28(30,31)32)13-19(15-20)29(33,34)35/h8-16,25H,1-7H3/t16-,25-/m1/s1. The maximum absolute atomic E-state index is 13.8. The molecule has 0 radical (unpaired) electrons. The molecule has 0 aliphatic heterocycles. The molecule has 41 heavy (non-hydrogen) atoms. The van der Waals surface area contributed by atoms with E-state index in [4.69, 9.17) is 0 Å². The highest BCUT2D eigenvalue weighted by Crippen LogP contribution is 2.41. The number of benzene rings is 2. The van der Waals surface area contributed by atoms with Gasteiger partial charge in [-0.2, -0.15) is 26.3 Å². The minimum atomic E-state index is -5.10. The number of halogens is 6. The van der Waals surface area contributed by atoms with E-state index in [1.165, 1.54) is 16.8 Å². The molecule has 0 N–H and O–H groups in total. The summed E-state index contributed by atoms with van der Waals surface area (Å²) in [5.74, 6) is -0.406. The van der Waals surface area contributed by atoms with E-state index < -0.39 is 63.1 Å². The first-order valence-corrected chi connectivity index (χ1v) is 12.6. The zero-order valence-electron chi connectivity index (χ0n) is 23.6. The van der Waals surface area contributed by atoms with Crippen molar-refractivity contribution in [2.24, 2.45) is 5.41 Å². The quantitative estimate of drug-likeness (QED) is 0.246. The fourth-order valence-corrected chi connectivity index (χ4v) is 4.85. The molecule has 6 nitrogen and oxygen atoms in total. The Morgan fingerprint density at radius 3 is 1.66 bits per heavy atom. The van der Waals surface area contributed by atoms with Gasteiger partial charge in [-0.15, -0.1) is 0 Å². The van der Waals surface area contributed by atoms with E-state index in [1.807, 2.05) is 37.3 Å². The molecule has 0 aromatic heterocycles. The Morgan fingerprint density at radius 2 is 1.22 bits per heavy atom. The summed E-state index contributed by atoms with van der Waals surface area (Å²) >= 11 is 0. The monoisotopic (exact) mass is 583 g/mol. The minimum absolute atomic E-state index is 0.0233. The van der Waals surface area contributed by atoms with Gasteiger partial charge >= 0.3 is 12.4 Å². The van der Waals surface area contributed by atoms with Crippen LogP contribution in [0.2, 0.25) is 0 Å². The predicted molar refractivity (Wildman–Crippen MR) is 145 cm³/mol. The molecule has 3 aromatic rings. The first-order valence-electron chi connectivity index (χ1n) is 12.6. The summed E-state index contributed by atoms with van der Waals surface area (Å²) in [6, 6.07) is 8.68. The van der Waals surface area contributed by atoms with Crippen LogP contribution in [-0.2, 0) is 17.1 Å². The smallest absolute Gasteiger partial charge is 0.357 e. The maximum Gasteiger partial charge on any atom is 0.416 e. The van der Waals surface area contributed by atoms with Gasteiger partial charge in [-0.05, 0) is 36.1 Å². The zero-order chi connectivity index (χ0) is 31.2. The van der Waals surface area contributed by atoms with Crippen LogP contribution in [0.3, 0.4) is 0 Å². The Bertz CT molecular complexity index is 1450. The Kier molecular flexibility index (Phi) is 8.40. The van der Waals surface area contributed by atoms with E-state index >= 15 is 0 Å². The highest BCUT2D eigenvalue weighted by molar-refractivity contribution is 5.90. The predicted octanol–water partition coefficient (Wildman–Crippen LogP) is 6.16. The topological polar surface area (TPSA) is 60.9 Å². The molecule has 0 saturated heterocycles. The van der Waals surface area contributed by atoms with E-state index in [1.54, 1.807) is 27.8 Å². The number of amides is 1. The molecule has 2 atom stereocenters. The van der Waals surface area contributed by atoms with Crippen LogP contribution >= 0.6 is 0 Å². The summed E-state index contributed by atoms with van der Waals surface area (Å²) in [5, 5.41) is 0. The summed E-state index contributed by atoms with van der Waals surface area (Å²) in [5.41, 5.74) is -6.48. The van der Waals surface area contributed by atoms with Gasteiger partial charge in [0.05, 0.1) is 17.2 Å². The average Bonchev–Trinajstić information content (AvgIpc) is 2.88. The number of anilines is 3. The van der Waals surface area contributed by atoms with Crippen LogP contribution in [-0.4, -0.2) is 38.0 Å². The number of hydrogen-bond donors (Lipinski definition) is 0. The van der Waals surface area contributed by atoms with Crippen molar-refractivity contribution in [1.82, 2.24) is 4.90 Å². The fourth-order valence-electron chi connectivity index (χ4n) is 4.85. The van der Waals surface area contributed by atoms with Crippen LogP contribution in [0.1, 0.15) is 50.4 Å². The van der Waals surface area contributed by atoms with Crippen LogP contribution in [0.25, 0.3) is 0 Å². The lowest BCUT2D eigenvalue weighted by atomic mass is 9.83. The van der Waals surface area contributed by atoms with Gasteiger partial charge in [-0.1, -0.05) is 51.1 Å². The Hall–Kier alpha value is -3.83. The molecule has 0 heterocycles. The lowest BCUT2D eigenvalue weighted by Gasteiger charge is -2.42. The summed E-state index contributed by atoms with van der Waals surface area (Å²) in [7, 11) is 4.08. The van der Waals surface area contributed by atoms with Gasteiger partial charge in [-0.3, -0.25) is 14.4 Å². The summed E-state index contributed by atoms with van der Waals surface area (Å²) in [6.07, 6.45) is -10.2. The number of rotatable bonds is 7. The summed E-state index contributed by atoms with van der Waals surface area (Å²) in [6.45, 7) is 7.04. The average molecular weight is 584 g/mol. The Morgan fingerprint density at radius 1 is 0.756 bits per heavy atom. The Labute approximate surface area is 233 Å². The number of hydrogen-bond acceptors (Lipinski definition) is 5. The van der Waals surface area contributed by atoms with Gasteiger partial charge in [0, 0.05) is 26.8 Å². The molecule has 0 bridgehead atoms. The second-order valence-corrected chi connectivity index (χ2v) is 11.1. The van der Waals surface area contributed by atoms with Gasteiger partial charge in [0.25, 0.3) is 10.9 Å². The van der Waals surface area contributed by atoms with Gasteiger partial charge in [-0.25, -0.2) is 0 Å². The number of nitrogens with zero attached hydrogens (tertiary/aromatic N) is 3. The van der Waals surface area contributed by atoms with E-state index in [-0.39, 0.29) is 17.8 Å². The highest BCUT2D eigenvalue weighted by Gasteiger charge is 2.43. The molecule has 12 heteroatoms. The SMILES string of the molecule is C[C@H](c1ccccc1)N(C)C(=O)[C@@H](N(C)c1c(N(C)c2cc(C(F)(F)F)cc(C(F)(F)F)c2)c(=O)c1=O)C(C)(C)C. The molecule has 222 valence electrons. The van der Waals surface area contributed by atoms with Gasteiger partial charge in [0.15, 0.2) is 0 Å². The van der Waals surface area contributed by atoms with E-state index in [0.717, 1.165) is 17.5 Å². The van der Waals surface area contributed by atoms with Crippen LogP contribution in [0, 0.1) is 5.41 Å². The fraction of sp³-hybridized carbons (Fsp3) is 0.414. The third-order valence-corrected chi connectivity index (χ3v) is 7.16. The van der Waals surface area contributed by atoms with Crippen molar-refractivity contribution in [2.75, 3.05) is 30.9 Å². The van der Waals surface area contributed by atoms with Crippen molar-refractivity contribution < 1.29 is 31.1 Å². The minimum Gasteiger partial charge on any atom is -0.357 e. The lowest BCUT2D eigenvalue weighted by Crippen LogP contribution is -2.56. The normalized spacial score (nSPS) is 14.1. The van der Waals surface area contributed by atoms with Crippen LogP contribution in [0.5, 0.6) is 0 Å². The highest BCUT2D eigenvalue weighted by atomic mass is 19.4. The molecule has 3 aromatic carbocycles. The van der Waals surface area contributed by atoms with Crippen molar-refractivity contribution in [2.45, 2.75) is 52.1 Å².